The maximum absolute atomic E-state index is 12.3. The molecule has 1 atom stereocenters. The minimum Gasteiger partial charge on any atom is -0.452 e. The van der Waals surface area contributed by atoms with E-state index in [1.807, 2.05) is 5.38 Å². The third-order valence-corrected chi connectivity index (χ3v) is 5.80. The van der Waals surface area contributed by atoms with Crippen molar-refractivity contribution >= 4 is 33.4 Å². The molecule has 27 heavy (non-hydrogen) atoms. The van der Waals surface area contributed by atoms with Gasteiger partial charge in [-0.1, -0.05) is 19.3 Å². The number of nitrogens with one attached hydrogen (secondary N) is 1. The van der Waals surface area contributed by atoms with Crippen molar-refractivity contribution in [1.29, 1.82) is 0 Å². The molecule has 0 spiro atoms. The first-order valence-electron chi connectivity index (χ1n) is 9.44. The molecular formula is C19H25N3O4S. The van der Waals surface area contributed by atoms with Crippen molar-refractivity contribution in [2.75, 3.05) is 6.54 Å². The van der Waals surface area contributed by atoms with Gasteiger partial charge in [0, 0.05) is 13.1 Å². The molecular weight excluding hydrogens is 366 g/mol. The molecule has 1 amide bonds. The van der Waals surface area contributed by atoms with Gasteiger partial charge >= 0.3 is 5.97 Å². The maximum Gasteiger partial charge on any atom is 0.308 e. The molecule has 1 saturated carbocycles. The van der Waals surface area contributed by atoms with Gasteiger partial charge in [-0.15, -0.1) is 11.3 Å². The van der Waals surface area contributed by atoms with Crippen LogP contribution in [0, 0.1) is 5.92 Å². The lowest BCUT2D eigenvalue weighted by Gasteiger charge is -2.22. The third kappa shape index (κ3) is 5.15. The predicted octanol–water partition coefficient (Wildman–Crippen LogP) is 2.48. The molecule has 2 heterocycles. The Morgan fingerprint density at radius 1 is 1.37 bits per heavy atom. The average Bonchev–Trinajstić information content (AvgIpc) is 3.16. The zero-order chi connectivity index (χ0) is 19.2. The second-order valence-corrected chi connectivity index (χ2v) is 7.91. The highest BCUT2D eigenvalue weighted by molar-refractivity contribution is 7.16. The predicted molar refractivity (Wildman–Crippen MR) is 104 cm³/mol. The summed E-state index contributed by atoms with van der Waals surface area (Å²) in [7, 11) is 0. The fraction of sp³-hybridized carbons (Fsp3) is 0.579. The highest BCUT2D eigenvalue weighted by atomic mass is 32.1. The van der Waals surface area contributed by atoms with E-state index >= 15 is 0 Å². The summed E-state index contributed by atoms with van der Waals surface area (Å²) in [5, 5.41) is 5.24. The Kier molecular flexibility index (Phi) is 6.60. The molecule has 7 nitrogen and oxygen atoms in total. The van der Waals surface area contributed by atoms with Gasteiger partial charge in [-0.25, -0.2) is 4.98 Å². The van der Waals surface area contributed by atoms with Gasteiger partial charge < -0.3 is 10.1 Å². The van der Waals surface area contributed by atoms with E-state index in [0.29, 0.717) is 22.7 Å². The van der Waals surface area contributed by atoms with Crippen LogP contribution in [0.3, 0.4) is 0 Å². The second kappa shape index (κ2) is 9.12. The zero-order valence-corrected chi connectivity index (χ0v) is 16.3. The van der Waals surface area contributed by atoms with Crippen molar-refractivity contribution in [3.05, 3.63) is 28.1 Å². The lowest BCUT2D eigenvalue weighted by atomic mass is 9.89. The number of hydrogen-bond acceptors (Lipinski definition) is 6. The fourth-order valence-corrected chi connectivity index (χ4v) is 4.08. The van der Waals surface area contributed by atoms with Crippen molar-refractivity contribution < 1.29 is 14.3 Å². The minimum atomic E-state index is -0.838. The first-order chi connectivity index (χ1) is 13.0. The highest BCUT2D eigenvalue weighted by Gasteiger charge is 2.20. The quantitative estimate of drug-likeness (QED) is 0.732. The fourth-order valence-electron chi connectivity index (χ4n) is 3.35. The minimum absolute atomic E-state index is 0.0114. The largest absolute Gasteiger partial charge is 0.452 e. The first-order valence-corrected chi connectivity index (χ1v) is 10.3. The smallest absolute Gasteiger partial charge is 0.308 e. The average molecular weight is 391 g/mol. The summed E-state index contributed by atoms with van der Waals surface area (Å²) in [6.45, 7) is 2.38. The Hall–Kier alpha value is -2.22. The number of thiophene rings is 1. The molecule has 3 rings (SSSR count). The van der Waals surface area contributed by atoms with Gasteiger partial charge in [0.15, 0.2) is 6.10 Å². The van der Waals surface area contributed by atoms with Crippen LogP contribution in [0.5, 0.6) is 0 Å². The number of rotatable bonds is 7. The number of fused-ring (bicyclic) bond motifs is 1. The zero-order valence-electron chi connectivity index (χ0n) is 15.5. The molecule has 2 aromatic heterocycles. The number of carbonyl (C=O) groups excluding carboxylic acids is 2. The summed E-state index contributed by atoms with van der Waals surface area (Å²) in [6.07, 6.45) is 6.61. The molecule has 1 N–H and O–H groups in total. The number of aryl methyl sites for hydroxylation is 1. The second-order valence-electron chi connectivity index (χ2n) is 7.01. The van der Waals surface area contributed by atoms with Crippen LogP contribution in [0.2, 0.25) is 0 Å². The van der Waals surface area contributed by atoms with Gasteiger partial charge in [-0.2, -0.15) is 0 Å². The van der Waals surface area contributed by atoms with Gasteiger partial charge in [0.1, 0.15) is 4.83 Å². The molecule has 2 aromatic rings. The van der Waals surface area contributed by atoms with Crippen molar-refractivity contribution in [1.82, 2.24) is 14.9 Å². The molecule has 0 radical (unpaired) electrons. The normalized spacial score (nSPS) is 16.2. The highest BCUT2D eigenvalue weighted by Crippen LogP contribution is 2.22. The van der Waals surface area contributed by atoms with Gasteiger partial charge in [0.25, 0.3) is 11.5 Å². The molecule has 1 aliphatic carbocycles. The lowest BCUT2D eigenvalue weighted by molar-refractivity contribution is -0.155. The number of nitrogens with zero attached hydrogens (tertiary/aromatic N) is 2. The molecule has 0 aromatic carbocycles. The molecule has 1 fully saturated rings. The van der Waals surface area contributed by atoms with Crippen LogP contribution in [-0.4, -0.2) is 34.1 Å². The van der Waals surface area contributed by atoms with Crippen LogP contribution < -0.4 is 10.9 Å². The number of hydrogen-bond donors (Lipinski definition) is 1. The molecule has 0 unspecified atom stereocenters. The van der Waals surface area contributed by atoms with Crippen LogP contribution in [-0.2, 0) is 20.9 Å². The number of aromatic nitrogens is 2. The Labute approximate surface area is 161 Å². The van der Waals surface area contributed by atoms with Crippen molar-refractivity contribution in [3.8, 4) is 0 Å². The number of esters is 1. The Balaban J connectivity index is 1.44. The van der Waals surface area contributed by atoms with E-state index in [4.69, 9.17) is 4.74 Å². The SMILES string of the molecule is C[C@@H](OC(=O)CCn1cnc2sccc2c1=O)C(=O)NCC1CCCCC1. The van der Waals surface area contributed by atoms with E-state index in [2.05, 4.69) is 10.3 Å². The van der Waals surface area contributed by atoms with Crippen LogP contribution >= 0.6 is 11.3 Å². The van der Waals surface area contributed by atoms with E-state index in [0.717, 1.165) is 12.8 Å². The Morgan fingerprint density at radius 3 is 2.93 bits per heavy atom. The molecule has 1 aliphatic rings. The summed E-state index contributed by atoms with van der Waals surface area (Å²) >= 11 is 1.40. The number of amides is 1. The van der Waals surface area contributed by atoms with Crippen LogP contribution in [0.4, 0.5) is 0 Å². The summed E-state index contributed by atoms with van der Waals surface area (Å²) in [5.41, 5.74) is -0.174. The van der Waals surface area contributed by atoms with E-state index in [-0.39, 0.29) is 24.4 Å². The van der Waals surface area contributed by atoms with Gasteiger partial charge in [-0.3, -0.25) is 19.0 Å². The van der Waals surface area contributed by atoms with E-state index < -0.39 is 12.1 Å². The standard InChI is InChI=1S/C19H25N3O4S/c1-13(17(24)20-11-14-5-3-2-4-6-14)26-16(23)7-9-22-12-21-18-15(19(22)25)8-10-27-18/h8,10,12-14H,2-7,9,11H2,1H3,(H,20,24)/t13-/m1/s1. The first kappa shape index (κ1) is 19.5. The number of ether oxygens (including phenoxy) is 1. The monoisotopic (exact) mass is 391 g/mol. The van der Waals surface area contributed by atoms with Crippen molar-refractivity contribution in [3.63, 3.8) is 0 Å². The lowest BCUT2D eigenvalue weighted by Crippen LogP contribution is -2.39. The summed E-state index contributed by atoms with van der Waals surface area (Å²) in [4.78, 5) is 41.3. The third-order valence-electron chi connectivity index (χ3n) is 4.97. The molecule has 0 bridgehead atoms. The Morgan fingerprint density at radius 2 is 2.15 bits per heavy atom. The van der Waals surface area contributed by atoms with E-state index in [1.165, 1.54) is 41.5 Å². The maximum atomic E-state index is 12.3. The molecule has 8 heteroatoms. The van der Waals surface area contributed by atoms with Crippen LogP contribution in [0.25, 0.3) is 10.2 Å². The summed E-state index contributed by atoms with van der Waals surface area (Å²) in [5.74, 6) is -0.253. The van der Waals surface area contributed by atoms with Gasteiger partial charge in [-0.05, 0) is 37.1 Å². The van der Waals surface area contributed by atoms with Gasteiger partial charge in [0.2, 0.25) is 0 Å². The molecule has 0 saturated heterocycles. The molecule has 0 aliphatic heterocycles. The van der Waals surface area contributed by atoms with Crippen molar-refractivity contribution in [2.24, 2.45) is 5.92 Å². The van der Waals surface area contributed by atoms with Crippen LogP contribution in [0.1, 0.15) is 45.4 Å². The van der Waals surface area contributed by atoms with Crippen LogP contribution in [0.15, 0.2) is 22.6 Å². The Bertz CT molecular complexity index is 854. The topological polar surface area (TPSA) is 90.3 Å². The number of carbonyl (C=O) groups is 2. The van der Waals surface area contributed by atoms with E-state index in [9.17, 15) is 14.4 Å². The van der Waals surface area contributed by atoms with E-state index in [1.54, 1.807) is 13.0 Å². The van der Waals surface area contributed by atoms with Crippen molar-refractivity contribution in [2.45, 2.75) is 58.1 Å². The van der Waals surface area contributed by atoms with Gasteiger partial charge in [0.05, 0.1) is 18.1 Å². The molecule has 146 valence electrons. The summed E-state index contributed by atoms with van der Waals surface area (Å²) in [6, 6.07) is 1.73. The summed E-state index contributed by atoms with van der Waals surface area (Å²) < 4.78 is 6.59.